The average molecular weight is 358 g/mol. The van der Waals surface area contributed by atoms with Crippen LogP contribution >= 0.6 is 15.9 Å². The Hall–Kier alpha value is -1.97. The summed E-state index contributed by atoms with van der Waals surface area (Å²) in [6.45, 7) is 4.82. The van der Waals surface area contributed by atoms with Gasteiger partial charge < -0.3 is 4.90 Å². The zero-order valence-corrected chi connectivity index (χ0v) is 13.7. The van der Waals surface area contributed by atoms with E-state index >= 15 is 0 Å². The van der Waals surface area contributed by atoms with Gasteiger partial charge in [0, 0.05) is 37.2 Å². The minimum absolute atomic E-state index is 0.359. The van der Waals surface area contributed by atoms with Crippen molar-refractivity contribution in [3.8, 4) is 6.07 Å². The molecule has 1 aliphatic heterocycles. The van der Waals surface area contributed by atoms with Crippen LogP contribution in [0.2, 0.25) is 0 Å². The van der Waals surface area contributed by atoms with Crippen LogP contribution in [0.15, 0.2) is 41.1 Å². The molecule has 0 spiro atoms. The normalized spacial score (nSPS) is 15.5. The molecule has 0 bridgehead atoms. The van der Waals surface area contributed by atoms with E-state index < -0.39 is 0 Å². The van der Waals surface area contributed by atoms with Crippen molar-refractivity contribution in [2.24, 2.45) is 0 Å². The number of anilines is 1. The third-order valence-corrected chi connectivity index (χ3v) is 4.30. The van der Waals surface area contributed by atoms with Crippen molar-refractivity contribution in [1.82, 2.24) is 14.9 Å². The molecule has 0 unspecified atom stereocenters. The van der Waals surface area contributed by atoms with Crippen LogP contribution in [-0.2, 0) is 6.54 Å². The fraction of sp³-hybridized carbons (Fsp3) is 0.312. The van der Waals surface area contributed by atoms with Crippen molar-refractivity contribution in [3.05, 3.63) is 52.4 Å². The Balaban J connectivity index is 1.55. The van der Waals surface area contributed by atoms with Crippen molar-refractivity contribution in [3.63, 3.8) is 0 Å². The second-order valence-electron chi connectivity index (χ2n) is 5.26. The van der Waals surface area contributed by atoms with Crippen LogP contribution in [0.4, 0.5) is 5.82 Å². The fourth-order valence-electron chi connectivity index (χ4n) is 2.53. The third kappa shape index (κ3) is 3.62. The molecule has 1 fully saturated rings. The molecule has 0 amide bonds. The summed E-state index contributed by atoms with van der Waals surface area (Å²) in [6.07, 6.45) is 3.21. The maximum absolute atomic E-state index is 8.76. The maximum atomic E-state index is 8.76. The molecule has 1 saturated heterocycles. The summed E-state index contributed by atoms with van der Waals surface area (Å²) in [5, 5.41) is 8.76. The van der Waals surface area contributed by atoms with Gasteiger partial charge in [-0.15, -0.1) is 0 Å². The number of benzene rings is 1. The number of nitrogens with zero attached hydrogens (tertiary/aromatic N) is 5. The van der Waals surface area contributed by atoms with E-state index in [0.29, 0.717) is 5.69 Å². The molecular formula is C16H16BrN5. The summed E-state index contributed by atoms with van der Waals surface area (Å²) in [7, 11) is 0. The second kappa shape index (κ2) is 6.86. The van der Waals surface area contributed by atoms with Crippen LogP contribution in [0.1, 0.15) is 11.3 Å². The highest BCUT2D eigenvalue weighted by Crippen LogP contribution is 2.16. The van der Waals surface area contributed by atoms with E-state index in [-0.39, 0.29) is 0 Å². The molecular weight excluding hydrogens is 342 g/mol. The summed E-state index contributed by atoms with van der Waals surface area (Å²) in [5.41, 5.74) is 1.69. The summed E-state index contributed by atoms with van der Waals surface area (Å²) < 4.78 is 1.11. The lowest BCUT2D eigenvalue weighted by Crippen LogP contribution is -2.46. The summed E-state index contributed by atoms with van der Waals surface area (Å²) in [4.78, 5) is 13.0. The Bertz CT molecular complexity index is 654. The van der Waals surface area contributed by atoms with E-state index in [1.807, 2.05) is 6.07 Å². The lowest BCUT2D eigenvalue weighted by atomic mass is 10.2. The van der Waals surface area contributed by atoms with Crippen LogP contribution in [0, 0.1) is 11.3 Å². The lowest BCUT2D eigenvalue weighted by molar-refractivity contribution is 0.249. The summed E-state index contributed by atoms with van der Waals surface area (Å²) in [6, 6.07) is 10.5. The number of nitriles is 1. The third-order valence-electron chi connectivity index (χ3n) is 3.77. The molecule has 0 atom stereocenters. The Labute approximate surface area is 138 Å². The molecule has 22 heavy (non-hydrogen) atoms. The van der Waals surface area contributed by atoms with Gasteiger partial charge in [-0.05, 0) is 17.7 Å². The monoisotopic (exact) mass is 357 g/mol. The standard InChI is InChI=1S/C16H16BrN5/c17-14-3-1-13(2-4-14)12-21-5-7-22(8-6-21)16-11-19-15(9-18)10-20-16/h1-4,10-11H,5-8,12H2. The highest BCUT2D eigenvalue weighted by atomic mass is 79.9. The zero-order chi connectivity index (χ0) is 15.4. The Morgan fingerprint density at radius 1 is 1.05 bits per heavy atom. The highest BCUT2D eigenvalue weighted by molar-refractivity contribution is 9.10. The minimum atomic E-state index is 0.359. The van der Waals surface area contributed by atoms with Crippen molar-refractivity contribution in [1.29, 1.82) is 5.26 Å². The fourth-order valence-corrected chi connectivity index (χ4v) is 2.79. The van der Waals surface area contributed by atoms with Crippen molar-refractivity contribution in [2.45, 2.75) is 6.54 Å². The molecule has 2 heterocycles. The SMILES string of the molecule is N#Cc1cnc(N2CCN(Cc3ccc(Br)cc3)CC2)cn1. The average Bonchev–Trinajstić information content (AvgIpc) is 2.58. The second-order valence-corrected chi connectivity index (χ2v) is 6.18. The Morgan fingerprint density at radius 2 is 1.77 bits per heavy atom. The van der Waals surface area contributed by atoms with Gasteiger partial charge in [0.15, 0.2) is 5.69 Å². The molecule has 0 radical (unpaired) electrons. The van der Waals surface area contributed by atoms with Crippen LogP contribution < -0.4 is 4.90 Å². The Kier molecular flexibility index (Phi) is 4.66. The van der Waals surface area contributed by atoms with Crippen molar-refractivity contribution >= 4 is 21.7 Å². The largest absolute Gasteiger partial charge is 0.353 e. The van der Waals surface area contributed by atoms with Gasteiger partial charge in [-0.1, -0.05) is 28.1 Å². The molecule has 1 aromatic heterocycles. The molecule has 0 saturated carbocycles. The molecule has 0 N–H and O–H groups in total. The van der Waals surface area contributed by atoms with Gasteiger partial charge in [0.1, 0.15) is 11.9 Å². The number of aromatic nitrogens is 2. The van der Waals surface area contributed by atoms with Crippen LogP contribution in [-0.4, -0.2) is 41.0 Å². The first-order valence-corrected chi connectivity index (χ1v) is 7.98. The number of halogens is 1. The van der Waals surface area contributed by atoms with Gasteiger partial charge in [-0.2, -0.15) is 5.26 Å². The molecule has 5 nitrogen and oxygen atoms in total. The number of piperazine rings is 1. The Morgan fingerprint density at radius 3 is 2.36 bits per heavy atom. The van der Waals surface area contributed by atoms with Gasteiger partial charge in [0.25, 0.3) is 0 Å². The summed E-state index contributed by atoms with van der Waals surface area (Å²) >= 11 is 3.46. The van der Waals surface area contributed by atoms with Crippen molar-refractivity contribution in [2.75, 3.05) is 31.1 Å². The predicted octanol–water partition coefficient (Wildman–Crippen LogP) is 2.43. The topological polar surface area (TPSA) is 56.1 Å². The van der Waals surface area contributed by atoms with E-state index in [2.05, 4.69) is 60.0 Å². The predicted molar refractivity (Wildman–Crippen MR) is 88.4 cm³/mol. The molecule has 1 aromatic carbocycles. The highest BCUT2D eigenvalue weighted by Gasteiger charge is 2.18. The van der Waals surface area contributed by atoms with Gasteiger partial charge in [-0.3, -0.25) is 4.90 Å². The minimum Gasteiger partial charge on any atom is -0.353 e. The molecule has 6 heteroatoms. The summed E-state index contributed by atoms with van der Waals surface area (Å²) in [5.74, 6) is 0.849. The van der Waals surface area contributed by atoms with Gasteiger partial charge in [-0.25, -0.2) is 9.97 Å². The van der Waals surface area contributed by atoms with Crippen molar-refractivity contribution < 1.29 is 0 Å². The van der Waals surface area contributed by atoms with Crippen LogP contribution in [0.3, 0.4) is 0 Å². The van der Waals surface area contributed by atoms with Gasteiger partial charge >= 0.3 is 0 Å². The van der Waals surface area contributed by atoms with E-state index in [4.69, 9.17) is 5.26 Å². The first kappa shape index (κ1) is 14.9. The molecule has 0 aliphatic carbocycles. The maximum Gasteiger partial charge on any atom is 0.158 e. The van der Waals surface area contributed by atoms with E-state index in [9.17, 15) is 0 Å². The molecule has 1 aliphatic rings. The van der Waals surface area contributed by atoms with E-state index in [1.165, 1.54) is 11.8 Å². The lowest BCUT2D eigenvalue weighted by Gasteiger charge is -2.35. The number of hydrogen-bond donors (Lipinski definition) is 0. The van der Waals surface area contributed by atoms with Gasteiger partial charge in [0.2, 0.25) is 0 Å². The quantitative estimate of drug-likeness (QED) is 0.844. The first-order valence-electron chi connectivity index (χ1n) is 7.18. The molecule has 2 aromatic rings. The van der Waals surface area contributed by atoms with E-state index in [1.54, 1.807) is 6.20 Å². The number of hydrogen-bond acceptors (Lipinski definition) is 5. The molecule has 112 valence electrons. The van der Waals surface area contributed by atoms with Crippen LogP contribution in [0.25, 0.3) is 0 Å². The van der Waals surface area contributed by atoms with Crippen LogP contribution in [0.5, 0.6) is 0 Å². The zero-order valence-electron chi connectivity index (χ0n) is 12.1. The van der Waals surface area contributed by atoms with E-state index in [0.717, 1.165) is 43.0 Å². The number of rotatable bonds is 3. The smallest absolute Gasteiger partial charge is 0.158 e. The van der Waals surface area contributed by atoms with Gasteiger partial charge in [0.05, 0.1) is 12.4 Å². The molecule has 3 rings (SSSR count). The first-order chi connectivity index (χ1) is 10.7.